The summed E-state index contributed by atoms with van der Waals surface area (Å²) in [4.78, 5) is 6.15. The van der Waals surface area contributed by atoms with Gasteiger partial charge in [0.25, 0.3) is 0 Å². The van der Waals surface area contributed by atoms with E-state index in [-0.39, 0.29) is 11.1 Å². The number of nitrogens with zero attached hydrogens (tertiary/aromatic N) is 1. The molecule has 21 heavy (non-hydrogen) atoms. The van der Waals surface area contributed by atoms with Crippen molar-refractivity contribution in [3.05, 3.63) is 42.0 Å². The third-order valence-electron chi connectivity index (χ3n) is 4.31. The van der Waals surface area contributed by atoms with Crippen molar-refractivity contribution < 1.29 is 4.84 Å². The molecule has 116 valence electrons. The summed E-state index contributed by atoms with van der Waals surface area (Å²) in [6, 6.07) is 8.01. The number of benzene rings is 1. The molecule has 0 aliphatic carbocycles. The van der Waals surface area contributed by atoms with Crippen LogP contribution in [0.25, 0.3) is 6.08 Å². The molecule has 1 aliphatic rings. The minimum absolute atomic E-state index is 0.00402. The Balaban J connectivity index is 2.15. The molecule has 1 aromatic rings. The van der Waals surface area contributed by atoms with Crippen LogP contribution in [0.5, 0.6) is 0 Å². The van der Waals surface area contributed by atoms with E-state index in [4.69, 9.17) is 16.4 Å². The van der Waals surface area contributed by atoms with Crippen LogP contribution in [0.15, 0.2) is 30.8 Å². The molecule has 1 saturated heterocycles. The lowest BCUT2D eigenvalue weighted by atomic mass is 9.82. The Morgan fingerprint density at radius 2 is 1.67 bits per heavy atom. The van der Waals surface area contributed by atoms with E-state index in [0.717, 1.165) is 24.0 Å². The van der Waals surface area contributed by atoms with Crippen LogP contribution in [0.2, 0.25) is 0 Å². The molecule has 0 N–H and O–H groups in total. The van der Waals surface area contributed by atoms with E-state index < -0.39 is 5.56 Å². The zero-order chi connectivity index (χ0) is 15.7. The monoisotopic (exact) mass is 307 g/mol. The summed E-state index contributed by atoms with van der Waals surface area (Å²) < 4.78 is 0. The lowest BCUT2D eigenvalue weighted by molar-refractivity contribution is -0.291. The maximum absolute atomic E-state index is 6.50. The van der Waals surface area contributed by atoms with Gasteiger partial charge in [0, 0.05) is 11.1 Å². The lowest BCUT2D eigenvalue weighted by Gasteiger charge is -2.51. The molecule has 1 aliphatic heterocycles. The van der Waals surface area contributed by atoms with Crippen molar-refractivity contribution in [1.82, 2.24) is 5.06 Å². The fourth-order valence-electron chi connectivity index (χ4n) is 3.20. The van der Waals surface area contributed by atoms with Crippen LogP contribution in [0, 0.1) is 0 Å². The zero-order valence-corrected chi connectivity index (χ0v) is 14.3. The number of halogens is 1. The second-order valence-electron chi connectivity index (χ2n) is 7.07. The second kappa shape index (κ2) is 6.12. The molecule has 1 fully saturated rings. The molecular weight excluding hydrogens is 282 g/mol. The van der Waals surface area contributed by atoms with Gasteiger partial charge in [-0.15, -0.1) is 0 Å². The highest BCUT2D eigenvalue weighted by atomic mass is 35.5. The quantitative estimate of drug-likeness (QED) is 0.677. The maximum atomic E-state index is 6.50. The van der Waals surface area contributed by atoms with E-state index >= 15 is 0 Å². The number of hydroxylamine groups is 2. The first-order valence-electron chi connectivity index (χ1n) is 7.60. The molecular formula is C18H26ClNO. The lowest BCUT2D eigenvalue weighted by Crippen LogP contribution is -2.58. The first-order chi connectivity index (χ1) is 9.76. The summed E-state index contributed by atoms with van der Waals surface area (Å²) in [5, 5.41) is 2.10. The highest BCUT2D eigenvalue weighted by Crippen LogP contribution is 2.41. The SMILES string of the molecule is C=Cc1ccc(C(Cl)ON2C(C)(C)CCCC2(C)C)cc1. The number of hydrogen-bond acceptors (Lipinski definition) is 2. The van der Waals surface area contributed by atoms with Crippen LogP contribution in [0.4, 0.5) is 0 Å². The molecule has 2 rings (SSSR count). The molecule has 3 heteroatoms. The molecule has 1 atom stereocenters. The van der Waals surface area contributed by atoms with Gasteiger partial charge < -0.3 is 0 Å². The van der Waals surface area contributed by atoms with Gasteiger partial charge in [0.15, 0.2) is 5.56 Å². The van der Waals surface area contributed by atoms with Gasteiger partial charge in [-0.25, -0.2) is 0 Å². The van der Waals surface area contributed by atoms with E-state index in [9.17, 15) is 0 Å². The smallest absolute Gasteiger partial charge is 0.177 e. The van der Waals surface area contributed by atoms with Gasteiger partial charge in [-0.1, -0.05) is 48.5 Å². The van der Waals surface area contributed by atoms with Crippen LogP contribution >= 0.6 is 11.6 Å². The number of rotatable bonds is 4. The summed E-state index contributed by atoms with van der Waals surface area (Å²) in [5.74, 6) is 0. The van der Waals surface area contributed by atoms with E-state index in [2.05, 4.69) is 39.3 Å². The summed E-state index contributed by atoms with van der Waals surface area (Å²) in [6.45, 7) is 12.6. The normalized spacial score (nSPS) is 22.7. The van der Waals surface area contributed by atoms with Crippen LogP contribution in [-0.2, 0) is 4.84 Å². The number of hydrogen-bond donors (Lipinski definition) is 0. The molecule has 1 aromatic carbocycles. The summed E-state index contributed by atoms with van der Waals surface area (Å²) >= 11 is 6.50. The zero-order valence-electron chi connectivity index (χ0n) is 13.5. The van der Waals surface area contributed by atoms with Gasteiger partial charge in [-0.05, 0) is 58.1 Å². The van der Waals surface area contributed by atoms with Crippen molar-refractivity contribution in [2.45, 2.75) is 63.6 Å². The standard InChI is InChI=1S/C18H26ClNO/c1-6-14-8-10-15(11-9-14)16(19)21-20-17(2,3)12-7-13-18(20,4)5/h6,8-11,16H,1,7,12-13H2,2-5H3. The highest BCUT2D eigenvalue weighted by molar-refractivity contribution is 6.19. The predicted octanol–water partition coefficient (Wildman–Crippen LogP) is 5.54. The van der Waals surface area contributed by atoms with Gasteiger partial charge in [0.1, 0.15) is 0 Å². The molecule has 1 heterocycles. The van der Waals surface area contributed by atoms with Gasteiger partial charge >= 0.3 is 0 Å². The molecule has 1 unspecified atom stereocenters. The first-order valence-corrected chi connectivity index (χ1v) is 8.03. The summed E-state index contributed by atoms with van der Waals surface area (Å²) in [5.41, 5.74) is 1.58. The number of piperidine rings is 1. The first kappa shape index (κ1) is 16.5. The van der Waals surface area contributed by atoms with Gasteiger partial charge in [0.2, 0.25) is 0 Å². The van der Waals surface area contributed by atoms with Crippen molar-refractivity contribution >= 4 is 17.7 Å². The van der Waals surface area contributed by atoms with Crippen molar-refractivity contribution in [1.29, 1.82) is 0 Å². The Kier molecular flexibility index (Phi) is 4.82. The Bertz CT molecular complexity index is 476. The fourth-order valence-corrected chi connectivity index (χ4v) is 3.42. The molecule has 0 amide bonds. The molecule has 2 nitrogen and oxygen atoms in total. The third kappa shape index (κ3) is 3.68. The van der Waals surface area contributed by atoms with Crippen molar-refractivity contribution in [2.24, 2.45) is 0 Å². The highest BCUT2D eigenvalue weighted by Gasteiger charge is 2.43. The molecule has 0 spiro atoms. The molecule has 0 aromatic heterocycles. The topological polar surface area (TPSA) is 12.5 Å². The average Bonchev–Trinajstić information content (AvgIpc) is 2.42. The number of alkyl halides is 1. The molecule has 0 saturated carbocycles. The second-order valence-corrected chi connectivity index (χ2v) is 7.46. The van der Waals surface area contributed by atoms with Crippen LogP contribution < -0.4 is 0 Å². The van der Waals surface area contributed by atoms with Crippen molar-refractivity contribution in [2.75, 3.05) is 0 Å². The van der Waals surface area contributed by atoms with Gasteiger partial charge in [-0.3, -0.25) is 4.84 Å². The van der Waals surface area contributed by atoms with E-state index in [1.807, 2.05) is 30.3 Å². The minimum atomic E-state index is -0.472. The fraction of sp³-hybridized carbons (Fsp3) is 0.556. The predicted molar refractivity (Wildman–Crippen MR) is 90.1 cm³/mol. The Hall–Kier alpha value is -0.830. The van der Waals surface area contributed by atoms with E-state index in [1.54, 1.807) is 0 Å². The van der Waals surface area contributed by atoms with Crippen molar-refractivity contribution in [3.63, 3.8) is 0 Å². The van der Waals surface area contributed by atoms with Crippen LogP contribution in [0.1, 0.15) is 63.6 Å². The maximum Gasteiger partial charge on any atom is 0.177 e. The van der Waals surface area contributed by atoms with E-state index in [0.29, 0.717) is 0 Å². The van der Waals surface area contributed by atoms with Crippen LogP contribution in [-0.4, -0.2) is 16.1 Å². The van der Waals surface area contributed by atoms with Crippen molar-refractivity contribution in [3.8, 4) is 0 Å². The molecule has 0 bridgehead atoms. The third-order valence-corrected chi connectivity index (χ3v) is 4.64. The largest absolute Gasteiger partial charge is 0.274 e. The Morgan fingerprint density at radius 3 is 2.14 bits per heavy atom. The summed E-state index contributed by atoms with van der Waals surface area (Å²) in [6.07, 6.45) is 5.29. The average molecular weight is 308 g/mol. The van der Waals surface area contributed by atoms with Crippen LogP contribution in [0.3, 0.4) is 0 Å². The van der Waals surface area contributed by atoms with Gasteiger partial charge in [-0.2, -0.15) is 5.06 Å². The summed E-state index contributed by atoms with van der Waals surface area (Å²) in [7, 11) is 0. The van der Waals surface area contributed by atoms with Gasteiger partial charge in [0.05, 0.1) is 0 Å². The Labute approximate surface area is 133 Å². The molecule has 0 radical (unpaired) electrons. The van der Waals surface area contributed by atoms with E-state index in [1.165, 1.54) is 6.42 Å². The minimum Gasteiger partial charge on any atom is -0.274 e. The Morgan fingerprint density at radius 1 is 1.14 bits per heavy atom.